The SMILES string of the molecule is C=CCN(Cn1nnc2ccccc21)C(=O)C1N([C@@H](CO)[C@@H](C)CC)C(=O)[C@@H]2[C@@H](C(=O)O)[C@@]3(C)CCC12O3. The fourth-order valence-corrected chi connectivity index (χ4v) is 6.92. The van der Waals surface area contributed by atoms with Crippen molar-refractivity contribution in [2.24, 2.45) is 17.8 Å². The van der Waals surface area contributed by atoms with E-state index in [0.29, 0.717) is 24.8 Å². The molecule has 1 spiro atoms. The smallest absolute Gasteiger partial charge is 0.310 e. The lowest BCUT2D eigenvalue weighted by atomic mass is 9.66. The molecule has 2 aromatic rings. The number of para-hydroxylation sites is 1. The summed E-state index contributed by atoms with van der Waals surface area (Å²) < 4.78 is 8.10. The second kappa shape index (κ2) is 9.46. The van der Waals surface area contributed by atoms with Gasteiger partial charge in [-0.3, -0.25) is 14.4 Å². The number of nitrogens with zero attached hydrogens (tertiary/aromatic N) is 5. The Kier molecular flexibility index (Phi) is 6.55. The average Bonchev–Trinajstić information content (AvgIpc) is 3.60. The van der Waals surface area contributed by atoms with E-state index in [0.717, 1.165) is 5.52 Å². The number of carboxylic acid groups (broad SMARTS) is 1. The summed E-state index contributed by atoms with van der Waals surface area (Å²) in [5.74, 6) is -4.16. The first kappa shape index (κ1) is 26.3. The van der Waals surface area contributed by atoms with E-state index < -0.39 is 52.9 Å². The van der Waals surface area contributed by atoms with Crippen molar-refractivity contribution in [1.82, 2.24) is 24.8 Å². The summed E-state index contributed by atoms with van der Waals surface area (Å²) >= 11 is 0. The van der Waals surface area contributed by atoms with Crippen molar-refractivity contribution in [3.05, 3.63) is 36.9 Å². The van der Waals surface area contributed by atoms with Crippen molar-refractivity contribution >= 4 is 28.8 Å². The summed E-state index contributed by atoms with van der Waals surface area (Å²) in [7, 11) is 0. The highest BCUT2D eigenvalue weighted by Gasteiger charge is 2.79. The van der Waals surface area contributed by atoms with Crippen LogP contribution in [0.1, 0.15) is 40.0 Å². The number of aromatic nitrogens is 3. The molecular formula is C27H35N5O6. The van der Waals surface area contributed by atoms with Gasteiger partial charge in [0, 0.05) is 6.54 Å². The summed E-state index contributed by atoms with van der Waals surface area (Å²) in [6, 6.07) is 5.65. The molecule has 4 heterocycles. The zero-order chi connectivity index (χ0) is 27.4. The zero-order valence-electron chi connectivity index (χ0n) is 22.0. The van der Waals surface area contributed by atoms with Gasteiger partial charge in [0.25, 0.3) is 0 Å². The van der Waals surface area contributed by atoms with Crippen molar-refractivity contribution in [3.63, 3.8) is 0 Å². The van der Waals surface area contributed by atoms with Crippen LogP contribution in [0.25, 0.3) is 11.0 Å². The first-order chi connectivity index (χ1) is 18.1. The molecule has 1 aromatic carbocycles. The third-order valence-corrected chi connectivity index (χ3v) is 8.95. The molecule has 2 N–H and O–H groups in total. The zero-order valence-corrected chi connectivity index (χ0v) is 22.0. The monoisotopic (exact) mass is 525 g/mol. The van der Waals surface area contributed by atoms with E-state index in [1.807, 2.05) is 38.1 Å². The van der Waals surface area contributed by atoms with Crippen LogP contribution < -0.4 is 0 Å². The van der Waals surface area contributed by atoms with Crippen LogP contribution in [0.4, 0.5) is 0 Å². The van der Waals surface area contributed by atoms with Crippen molar-refractivity contribution in [2.75, 3.05) is 13.2 Å². The molecule has 7 atom stereocenters. The van der Waals surface area contributed by atoms with E-state index in [1.165, 1.54) is 9.80 Å². The molecule has 1 aromatic heterocycles. The molecule has 38 heavy (non-hydrogen) atoms. The van der Waals surface area contributed by atoms with Gasteiger partial charge in [-0.05, 0) is 37.8 Å². The third-order valence-electron chi connectivity index (χ3n) is 8.95. The van der Waals surface area contributed by atoms with Gasteiger partial charge in [-0.25, -0.2) is 4.68 Å². The molecule has 3 saturated heterocycles. The second-order valence-electron chi connectivity index (χ2n) is 11.0. The van der Waals surface area contributed by atoms with Gasteiger partial charge in [-0.1, -0.05) is 43.7 Å². The maximum atomic E-state index is 14.5. The highest BCUT2D eigenvalue weighted by Crippen LogP contribution is 2.63. The van der Waals surface area contributed by atoms with Crippen LogP contribution in [0.5, 0.6) is 0 Å². The number of hydrogen-bond acceptors (Lipinski definition) is 7. The molecule has 3 fully saturated rings. The van der Waals surface area contributed by atoms with Gasteiger partial charge in [0.15, 0.2) is 0 Å². The molecule has 11 heteroatoms. The number of ether oxygens (including phenoxy) is 1. The Balaban J connectivity index is 1.60. The minimum atomic E-state index is -1.29. The maximum absolute atomic E-state index is 14.5. The summed E-state index contributed by atoms with van der Waals surface area (Å²) in [5.41, 5.74) is -0.916. The number of fused-ring (bicyclic) bond motifs is 2. The number of aliphatic hydroxyl groups is 1. The molecule has 2 bridgehead atoms. The lowest BCUT2D eigenvalue weighted by Gasteiger charge is -2.41. The van der Waals surface area contributed by atoms with Crippen LogP contribution in [-0.2, 0) is 25.8 Å². The predicted molar refractivity (Wildman–Crippen MR) is 136 cm³/mol. The lowest BCUT2D eigenvalue weighted by molar-refractivity contribution is -0.160. The summed E-state index contributed by atoms with van der Waals surface area (Å²) in [6.45, 7) is 9.27. The lowest BCUT2D eigenvalue weighted by Crippen LogP contribution is -2.60. The minimum absolute atomic E-state index is 0.0530. The normalized spacial score (nSPS) is 31.4. The molecular weight excluding hydrogens is 490 g/mol. The van der Waals surface area contributed by atoms with Gasteiger partial charge in [-0.2, -0.15) is 0 Å². The quantitative estimate of drug-likeness (QED) is 0.447. The van der Waals surface area contributed by atoms with E-state index in [9.17, 15) is 24.6 Å². The van der Waals surface area contributed by atoms with Crippen molar-refractivity contribution in [2.45, 2.75) is 70.0 Å². The minimum Gasteiger partial charge on any atom is -0.481 e. The maximum Gasteiger partial charge on any atom is 0.310 e. The molecule has 0 saturated carbocycles. The Morgan fingerprint density at radius 1 is 1.34 bits per heavy atom. The summed E-state index contributed by atoms with van der Waals surface area (Å²) in [4.78, 5) is 44.0. The number of carbonyl (C=O) groups is 3. The number of rotatable bonds is 10. The average molecular weight is 526 g/mol. The Hall–Kier alpha value is -3.31. The molecule has 0 aliphatic carbocycles. The van der Waals surface area contributed by atoms with Gasteiger partial charge in [-0.15, -0.1) is 11.7 Å². The van der Waals surface area contributed by atoms with Gasteiger partial charge in [0.1, 0.15) is 23.8 Å². The number of carbonyl (C=O) groups excluding carboxylic acids is 2. The van der Waals surface area contributed by atoms with E-state index in [1.54, 1.807) is 17.7 Å². The highest BCUT2D eigenvalue weighted by molar-refractivity contribution is 5.98. The van der Waals surface area contributed by atoms with E-state index in [2.05, 4.69) is 16.9 Å². The van der Waals surface area contributed by atoms with Crippen LogP contribution in [0.2, 0.25) is 0 Å². The largest absolute Gasteiger partial charge is 0.481 e. The van der Waals surface area contributed by atoms with Gasteiger partial charge >= 0.3 is 5.97 Å². The third kappa shape index (κ3) is 3.66. The Morgan fingerprint density at radius 3 is 2.74 bits per heavy atom. The fraction of sp³-hybridized carbons (Fsp3) is 0.593. The number of carboxylic acids is 1. The molecule has 3 aliphatic rings. The first-order valence-electron chi connectivity index (χ1n) is 13.2. The summed E-state index contributed by atoms with van der Waals surface area (Å²) in [5, 5.41) is 29.0. The number of hydrogen-bond donors (Lipinski definition) is 2. The molecule has 5 rings (SSSR count). The Morgan fingerprint density at radius 2 is 2.08 bits per heavy atom. The second-order valence-corrected chi connectivity index (χ2v) is 11.0. The predicted octanol–water partition coefficient (Wildman–Crippen LogP) is 1.66. The van der Waals surface area contributed by atoms with E-state index in [-0.39, 0.29) is 25.7 Å². The molecule has 0 radical (unpaired) electrons. The topological polar surface area (TPSA) is 138 Å². The van der Waals surface area contributed by atoms with Crippen LogP contribution in [-0.4, -0.2) is 89.2 Å². The number of amides is 2. The van der Waals surface area contributed by atoms with Crippen molar-refractivity contribution < 1.29 is 29.3 Å². The van der Waals surface area contributed by atoms with Crippen molar-refractivity contribution in [3.8, 4) is 0 Å². The molecule has 2 amide bonds. The number of aliphatic hydroxyl groups excluding tert-OH is 1. The van der Waals surface area contributed by atoms with Gasteiger partial charge < -0.3 is 24.7 Å². The van der Waals surface area contributed by atoms with Crippen molar-refractivity contribution in [1.29, 1.82) is 0 Å². The standard InChI is InChI=1S/C27H35N5O6/c1-5-13-30(15-31-18-10-8-7-9-17(18)28-29-31)24(35)22-27-12-11-26(4,38-27)21(25(36)37)20(27)23(34)32(22)19(14-33)16(3)6-2/h5,7-10,16,19-22,33H,1,6,11-15H2,2-4H3,(H,36,37)/t16-,19-,20-,21-,22?,26+,27?/m0/s1. The van der Waals surface area contributed by atoms with Crippen LogP contribution in [0.15, 0.2) is 36.9 Å². The molecule has 204 valence electrons. The number of aliphatic carboxylic acids is 1. The van der Waals surface area contributed by atoms with Gasteiger partial charge in [0.05, 0.1) is 35.6 Å². The van der Waals surface area contributed by atoms with Crippen LogP contribution >= 0.6 is 0 Å². The number of likely N-dealkylation sites (tertiary alicyclic amines) is 1. The summed E-state index contributed by atoms with van der Waals surface area (Å²) in [6.07, 6.45) is 3.06. The van der Waals surface area contributed by atoms with Gasteiger partial charge in [0.2, 0.25) is 11.8 Å². The Labute approximate surface area is 221 Å². The molecule has 3 aliphatic heterocycles. The van der Waals surface area contributed by atoms with E-state index >= 15 is 0 Å². The molecule has 2 unspecified atom stereocenters. The van der Waals surface area contributed by atoms with Crippen LogP contribution in [0, 0.1) is 17.8 Å². The molecule has 11 nitrogen and oxygen atoms in total. The van der Waals surface area contributed by atoms with E-state index in [4.69, 9.17) is 4.74 Å². The highest BCUT2D eigenvalue weighted by atomic mass is 16.5. The Bertz CT molecular complexity index is 1280. The fourth-order valence-electron chi connectivity index (χ4n) is 6.92. The first-order valence-corrected chi connectivity index (χ1v) is 13.2. The van der Waals surface area contributed by atoms with Crippen LogP contribution in [0.3, 0.4) is 0 Å². The number of benzene rings is 1.